The molecule has 1 fully saturated rings. The van der Waals surface area contributed by atoms with E-state index in [-0.39, 0.29) is 11.7 Å². The normalized spacial score (nSPS) is 19.7. The zero-order valence-electron chi connectivity index (χ0n) is 25.8. The van der Waals surface area contributed by atoms with Crippen molar-refractivity contribution in [3.8, 4) is 16.9 Å². The third kappa shape index (κ3) is 7.00. The molecule has 1 saturated heterocycles. The third-order valence-electron chi connectivity index (χ3n) is 7.59. The van der Waals surface area contributed by atoms with Crippen LogP contribution in [0.15, 0.2) is 48.8 Å². The lowest BCUT2D eigenvalue weighted by Gasteiger charge is -2.19. The van der Waals surface area contributed by atoms with E-state index in [0.717, 1.165) is 29.7 Å². The first-order valence-corrected chi connectivity index (χ1v) is 14.7. The van der Waals surface area contributed by atoms with Gasteiger partial charge in [0.05, 0.1) is 13.2 Å². The highest BCUT2D eigenvalue weighted by atomic mass is 16.6. The molecule has 4 aromatic rings. The number of nitrogens with zero attached hydrogens (tertiary/aromatic N) is 6. The molecule has 0 saturated carbocycles. The van der Waals surface area contributed by atoms with Crippen LogP contribution >= 0.6 is 0 Å². The number of fused-ring (bicyclic) bond motifs is 1. The second kappa shape index (κ2) is 13.7. The summed E-state index contributed by atoms with van der Waals surface area (Å²) in [4.78, 5) is 29.3. The van der Waals surface area contributed by atoms with Gasteiger partial charge in [-0.25, -0.2) is 15.0 Å². The van der Waals surface area contributed by atoms with E-state index in [4.69, 9.17) is 15.2 Å². The number of imidazole rings is 1. The van der Waals surface area contributed by atoms with Crippen molar-refractivity contribution in [1.82, 2.24) is 29.3 Å². The van der Waals surface area contributed by atoms with Gasteiger partial charge in [-0.3, -0.25) is 9.36 Å². The Bertz CT molecular complexity index is 1630. The van der Waals surface area contributed by atoms with E-state index in [9.17, 15) is 20.1 Å². The molecule has 0 aliphatic carbocycles. The first-order valence-electron chi connectivity index (χ1n) is 14.7. The van der Waals surface area contributed by atoms with E-state index in [1.165, 1.54) is 15.8 Å². The van der Waals surface area contributed by atoms with Crippen LogP contribution in [-0.2, 0) is 11.3 Å². The molecule has 1 amide bonds. The molecule has 2 aromatic carbocycles. The van der Waals surface area contributed by atoms with Gasteiger partial charge in [0.2, 0.25) is 5.95 Å². The Labute approximate surface area is 261 Å². The minimum Gasteiger partial charge on any atom is -0.494 e. The fourth-order valence-corrected chi connectivity index (χ4v) is 5.18. The summed E-state index contributed by atoms with van der Waals surface area (Å²) in [6, 6.07) is 13.4. The highest BCUT2D eigenvalue weighted by Gasteiger charge is 2.45. The second-order valence-electron chi connectivity index (χ2n) is 11.5. The van der Waals surface area contributed by atoms with E-state index < -0.39 is 31.1 Å². The number of hydrogen-bond acceptors (Lipinski definition) is 12. The number of nitrogen functional groups attached to an aromatic ring is 1. The Balaban J connectivity index is 1.37. The number of nitrogens with one attached hydrogen (secondary N) is 1. The monoisotopic (exact) mass is 620 g/mol. The quantitative estimate of drug-likeness (QED) is 0.143. The predicted octanol–water partition coefficient (Wildman–Crippen LogP) is 1.33. The zero-order valence-corrected chi connectivity index (χ0v) is 25.8. The number of carbonyl (C=O) groups excluding carboxylic acids is 1. The molecule has 0 unspecified atom stereocenters. The van der Waals surface area contributed by atoms with Crippen LogP contribution in [0.5, 0.6) is 5.75 Å². The molecule has 0 spiro atoms. The highest BCUT2D eigenvalue weighted by Crippen LogP contribution is 2.35. The molecule has 14 nitrogen and oxygen atoms in total. The summed E-state index contributed by atoms with van der Waals surface area (Å²) in [6.45, 7) is 1.30. The van der Waals surface area contributed by atoms with Gasteiger partial charge in [0.1, 0.15) is 30.4 Å². The van der Waals surface area contributed by atoms with Crippen molar-refractivity contribution in [2.24, 2.45) is 0 Å². The number of aliphatic hydroxyl groups excluding tert-OH is 3. The Hall–Kier alpha value is -4.34. The van der Waals surface area contributed by atoms with Gasteiger partial charge in [0, 0.05) is 32.7 Å². The summed E-state index contributed by atoms with van der Waals surface area (Å²) in [5, 5.41) is 33.9. The summed E-state index contributed by atoms with van der Waals surface area (Å²) in [6.07, 6.45) is -2.55. The number of benzene rings is 2. The van der Waals surface area contributed by atoms with Crippen LogP contribution in [0.3, 0.4) is 0 Å². The molecular weight excluding hydrogens is 580 g/mol. The Kier molecular flexibility index (Phi) is 9.80. The van der Waals surface area contributed by atoms with Crippen LogP contribution in [0.25, 0.3) is 22.3 Å². The largest absolute Gasteiger partial charge is 0.494 e. The molecular formula is C31H40N8O6. The van der Waals surface area contributed by atoms with Crippen molar-refractivity contribution in [3.05, 3.63) is 59.9 Å². The summed E-state index contributed by atoms with van der Waals surface area (Å²) in [7, 11) is 7.47. The molecule has 0 bridgehead atoms. The molecule has 0 radical (unpaired) electrons. The van der Waals surface area contributed by atoms with Crippen LogP contribution in [0.2, 0.25) is 0 Å². The molecule has 6 N–H and O–H groups in total. The number of ether oxygens (including phenoxy) is 2. The number of aromatic nitrogens is 4. The summed E-state index contributed by atoms with van der Waals surface area (Å²) < 4.78 is 13.3. The maximum Gasteiger partial charge on any atom is 0.253 e. The number of nitrogens with two attached hydrogens (primary N) is 1. The fraction of sp³-hybridized carbons (Fsp3) is 0.419. The van der Waals surface area contributed by atoms with E-state index in [1.807, 2.05) is 50.5 Å². The maximum atomic E-state index is 12.8. The molecule has 2 aromatic heterocycles. The van der Waals surface area contributed by atoms with Gasteiger partial charge in [-0.05, 0) is 55.4 Å². The number of hydrogen-bond donors (Lipinski definition) is 5. The smallest absolute Gasteiger partial charge is 0.253 e. The lowest BCUT2D eigenvalue weighted by molar-refractivity contribution is -0.0501. The van der Waals surface area contributed by atoms with Crippen LogP contribution in [-0.4, -0.2) is 117 Å². The SMILES string of the molecule is CN(C)CCCOc1cc(C(=O)N(C)C)cc(-c2ccc(CNc3nc4c(N)ncnc4n3[C@@H]3O[C@H](CO)[C@@H](O)[C@H]3O)cc2)c1. The number of aliphatic hydroxyl groups is 3. The Morgan fingerprint density at radius 3 is 2.49 bits per heavy atom. The Morgan fingerprint density at radius 2 is 1.82 bits per heavy atom. The van der Waals surface area contributed by atoms with E-state index in [1.54, 1.807) is 20.2 Å². The molecule has 5 rings (SSSR count). The fourth-order valence-electron chi connectivity index (χ4n) is 5.18. The summed E-state index contributed by atoms with van der Waals surface area (Å²) >= 11 is 0. The first kappa shape index (κ1) is 32.1. The average Bonchev–Trinajstić information content (AvgIpc) is 3.54. The van der Waals surface area contributed by atoms with Gasteiger partial charge < -0.3 is 45.6 Å². The maximum absolute atomic E-state index is 12.8. The summed E-state index contributed by atoms with van der Waals surface area (Å²) in [5.74, 6) is 0.961. The molecule has 4 atom stereocenters. The lowest BCUT2D eigenvalue weighted by atomic mass is 10.0. The Morgan fingerprint density at radius 1 is 1.07 bits per heavy atom. The van der Waals surface area contributed by atoms with E-state index >= 15 is 0 Å². The van der Waals surface area contributed by atoms with Crippen molar-refractivity contribution >= 4 is 28.8 Å². The molecule has 3 heterocycles. The average molecular weight is 621 g/mol. The van der Waals surface area contributed by atoms with Crippen LogP contribution in [0.4, 0.5) is 11.8 Å². The number of anilines is 2. The molecule has 1 aliphatic heterocycles. The standard InChI is InChI=1S/C31H40N8O6/c1-37(2)10-5-11-44-22-13-20(12-21(14-22)29(43)38(3)4)19-8-6-18(7-9-19)15-33-31-36-24-27(32)34-17-35-28(24)39(31)30-26(42)25(41)23(16-40)45-30/h6-9,12-14,17,23,25-26,30,40-42H,5,10-11,15-16H2,1-4H3,(H,33,36)(H2,32,34,35)/t23-,25-,26-,30-/m1/s1. The van der Waals surface area contributed by atoms with Crippen LogP contribution in [0, 0.1) is 0 Å². The van der Waals surface area contributed by atoms with Crippen molar-refractivity contribution in [2.45, 2.75) is 37.5 Å². The van der Waals surface area contributed by atoms with Gasteiger partial charge in [0.15, 0.2) is 23.2 Å². The zero-order chi connectivity index (χ0) is 32.2. The first-order chi connectivity index (χ1) is 21.6. The molecule has 1 aliphatic rings. The van der Waals surface area contributed by atoms with Crippen molar-refractivity contribution in [2.75, 3.05) is 59.0 Å². The van der Waals surface area contributed by atoms with Gasteiger partial charge in [-0.2, -0.15) is 0 Å². The van der Waals surface area contributed by atoms with Crippen LogP contribution < -0.4 is 15.8 Å². The van der Waals surface area contributed by atoms with Gasteiger partial charge in [0.25, 0.3) is 5.91 Å². The highest BCUT2D eigenvalue weighted by molar-refractivity contribution is 5.95. The minimum absolute atomic E-state index is 0.113. The lowest BCUT2D eigenvalue weighted by Crippen LogP contribution is -2.33. The third-order valence-corrected chi connectivity index (χ3v) is 7.59. The van der Waals surface area contributed by atoms with Gasteiger partial charge in [-0.1, -0.05) is 24.3 Å². The molecule has 45 heavy (non-hydrogen) atoms. The van der Waals surface area contributed by atoms with Crippen molar-refractivity contribution in [3.63, 3.8) is 0 Å². The molecule has 240 valence electrons. The summed E-state index contributed by atoms with van der Waals surface area (Å²) in [5.41, 5.74) is 9.88. The van der Waals surface area contributed by atoms with Gasteiger partial charge >= 0.3 is 0 Å². The van der Waals surface area contributed by atoms with E-state index in [0.29, 0.717) is 41.6 Å². The van der Waals surface area contributed by atoms with E-state index in [2.05, 4.69) is 25.2 Å². The van der Waals surface area contributed by atoms with Crippen molar-refractivity contribution < 1.29 is 29.6 Å². The molecule has 14 heteroatoms. The van der Waals surface area contributed by atoms with Crippen LogP contribution in [0.1, 0.15) is 28.6 Å². The van der Waals surface area contributed by atoms with Crippen molar-refractivity contribution in [1.29, 1.82) is 0 Å². The number of rotatable bonds is 12. The number of amides is 1. The van der Waals surface area contributed by atoms with Gasteiger partial charge in [-0.15, -0.1) is 0 Å². The minimum atomic E-state index is -1.34. The predicted molar refractivity (Wildman–Crippen MR) is 169 cm³/mol. The topological polar surface area (TPSA) is 184 Å². The number of carbonyl (C=O) groups is 1. The second-order valence-corrected chi connectivity index (χ2v) is 11.5.